The third-order valence-electron chi connectivity index (χ3n) is 8.20. The molecule has 0 aliphatic carbocycles. The second-order valence-electron chi connectivity index (χ2n) is 13.1. The summed E-state index contributed by atoms with van der Waals surface area (Å²) in [6.07, 6.45) is 44.2. The number of hydrogen-bond acceptors (Lipinski definition) is 8. The van der Waals surface area contributed by atoms with Crippen LogP contribution in [0.3, 0.4) is 0 Å². The van der Waals surface area contributed by atoms with Crippen molar-refractivity contribution >= 4 is 19.8 Å². The summed E-state index contributed by atoms with van der Waals surface area (Å²) in [5.74, 6) is -0.977. The summed E-state index contributed by atoms with van der Waals surface area (Å²) < 4.78 is 32.6. The Morgan fingerprint density at radius 2 is 1.04 bits per heavy atom. The zero-order chi connectivity index (χ0) is 38.2. The number of unbranched alkanes of at least 4 members (excludes halogenated alkanes) is 15. The number of hydrogen-bond donors (Lipinski definition) is 2. The zero-order valence-electron chi connectivity index (χ0n) is 32.8. The maximum atomic E-state index is 12.5. The highest BCUT2D eigenvalue weighted by atomic mass is 31.2. The van der Waals surface area contributed by atoms with Gasteiger partial charge in [0.25, 0.3) is 0 Å². The van der Waals surface area contributed by atoms with E-state index < -0.39 is 32.5 Å². The van der Waals surface area contributed by atoms with Gasteiger partial charge in [-0.25, -0.2) is 4.57 Å². The van der Waals surface area contributed by atoms with Gasteiger partial charge in [-0.3, -0.25) is 18.6 Å². The second-order valence-corrected chi connectivity index (χ2v) is 14.6. The standard InChI is InChI=1S/C42H74NO8P/c1-3-5-7-9-11-13-15-17-19-21-22-24-26-28-30-32-34-41(44)48-38-40(39-50-52(46,47)49-37-36-43)51-42(45)35-33-31-29-27-25-23-20-18-16-14-12-10-8-6-4-2/h6,8,12,14,18,20,25,27,31,33,40H,3-5,7,9-11,13,15-17,19,21-24,26,28-30,32,34-39,43H2,1-2H3,(H,46,47)/b8-6-,14-12-,20-18-,27-25-,33-31-. The molecule has 300 valence electrons. The van der Waals surface area contributed by atoms with E-state index in [1.165, 1.54) is 83.5 Å². The second kappa shape index (κ2) is 38.4. The molecule has 52 heavy (non-hydrogen) atoms. The third-order valence-corrected chi connectivity index (χ3v) is 9.19. The van der Waals surface area contributed by atoms with Crippen molar-refractivity contribution in [3.8, 4) is 0 Å². The van der Waals surface area contributed by atoms with Crippen LogP contribution in [0.15, 0.2) is 60.8 Å². The molecule has 0 saturated carbocycles. The van der Waals surface area contributed by atoms with Crippen molar-refractivity contribution in [2.45, 2.75) is 168 Å². The molecule has 0 aromatic heterocycles. The Morgan fingerprint density at radius 3 is 1.50 bits per heavy atom. The molecule has 2 unspecified atom stereocenters. The molecular formula is C42H74NO8P. The normalized spacial score (nSPS) is 14.0. The molecule has 0 spiro atoms. The predicted molar refractivity (Wildman–Crippen MR) is 215 cm³/mol. The number of carbonyl (C=O) groups excluding carboxylic acids is 2. The number of phosphoric ester groups is 1. The van der Waals surface area contributed by atoms with Crippen molar-refractivity contribution in [1.82, 2.24) is 0 Å². The Hall–Kier alpha value is -2.29. The summed E-state index contributed by atoms with van der Waals surface area (Å²) in [6.45, 7) is 3.50. The molecule has 0 saturated heterocycles. The predicted octanol–water partition coefficient (Wildman–Crippen LogP) is 11.3. The first-order chi connectivity index (χ1) is 25.3. The van der Waals surface area contributed by atoms with Crippen molar-refractivity contribution in [2.75, 3.05) is 26.4 Å². The van der Waals surface area contributed by atoms with Gasteiger partial charge in [-0.1, -0.05) is 171 Å². The first-order valence-electron chi connectivity index (χ1n) is 20.3. The summed E-state index contributed by atoms with van der Waals surface area (Å²) in [7, 11) is -4.40. The maximum Gasteiger partial charge on any atom is 0.472 e. The fourth-order valence-corrected chi connectivity index (χ4v) is 6.00. The van der Waals surface area contributed by atoms with Crippen molar-refractivity contribution in [1.29, 1.82) is 0 Å². The number of rotatable bonds is 37. The lowest BCUT2D eigenvalue weighted by molar-refractivity contribution is -0.160. The van der Waals surface area contributed by atoms with E-state index in [0.29, 0.717) is 6.42 Å². The van der Waals surface area contributed by atoms with Crippen LogP contribution in [0.25, 0.3) is 0 Å². The molecule has 0 aromatic rings. The van der Waals surface area contributed by atoms with Gasteiger partial charge in [-0.05, 0) is 38.5 Å². The quantitative estimate of drug-likeness (QED) is 0.0275. The molecule has 3 N–H and O–H groups in total. The van der Waals surface area contributed by atoms with E-state index in [1.807, 2.05) is 12.2 Å². The van der Waals surface area contributed by atoms with E-state index in [2.05, 4.69) is 56.4 Å². The molecule has 0 rings (SSSR count). The van der Waals surface area contributed by atoms with Crippen LogP contribution in [0, 0.1) is 0 Å². The van der Waals surface area contributed by atoms with Crippen LogP contribution in [0.4, 0.5) is 0 Å². The highest BCUT2D eigenvalue weighted by Gasteiger charge is 2.25. The molecule has 0 fully saturated rings. The minimum absolute atomic E-state index is 0.00236. The molecule has 0 amide bonds. The van der Waals surface area contributed by atoms with Crippen LogP contribution in [-0.4, -0.2) is 49.3 Å². The Morgan fingerprint density at radius 1 is 0.596 bits per heavy atom. The Balaban J connectivity index is 4.30. The highest BCUT2D eigenvalue weighted by molar-refractivity contribution is 7.47. The van der Waals surface area contributed by atoms with E-state index in [9.17, 15) is 19.0 Å². The highest BCUT2D eigenvalue weighted by Crippen LogP contribution is 2.43. The van der Waals surface area contributed by atoms with Crippen LogP contribution >= 0.6 is 7.82 Å². The molecule has 0 aromatic carbocycles. The van der Waals surface area contributed by atoms with E-state index >= 15 is 0 Å². The number of esters is 2. The molecule has 0 aliphatic heterocycles. The molecular weight excluding hydrogens is 677 g/mol. The third kappa shape index (κ3) is 37.5. The molecule has 0 radical (unpaired) electrons. The number of ether oxygens (including phenoxy) is 2. The molecule has 9 nitrogen and oxygen atoms in total. The van der Waals surface area contributed by atoms with E-state index in [1.54, 1.807) is 6.08 Å². The minimum Gasteiger partial charge on any atom is -0.462 e. The fourth-order valence-electron chi connectivity index (χ4n) is 5.24. The van der Waals surface area contributed by atoms with Crippen LogP contribution in [0.5, 0.6) is 0 Å². The molecule has 0 aliphatic rings. The summed E-state index contributed by atoms with van der Waals surface area (Å²) in [5.41, 5.74) is 5.33. The maximum absolute atomic E-state index is 12.5. The minimum atomic E-state index is -4.40. The van der Waals surface area contributed by atoms with E-state index in [-0.39, 0.29) is 32.6 Å². The molecule has 0 heterocycles. The lowest BCUT2D eigenvalue weighted by Crippen LogP contribution is -2.29. The van der Waals surface area contributed by atoms with Crippen molar-refractivity contribution in [2.24, 2.45) is 5.73 Å². The van der Waals surface area contributed by atoms with E-state index in [4.69, 9.17) is 24.3 Å². The lowest BCUT2D eigenvalue weighted by Gasteiger charge is -2.19. The number of nitrogens with two attached hydrogens (primary N) is 1. The first-order valence-corrected chi connectivity index (χ1v) is 21.8. The molecule has 10 heteroatoms. The summed E-state index contributed by atoms with van der Waals surface area (Å²) in [4.78, 5) is 34.7. The van der Waals surface area contributed by atoms with Gasteiger partial charge in [0.15, 0.2) is 6.10 Å². The SMILES string of the molecule is CC/C=C\C/C=C\C/C=C\C/C=C\C/C=C\CC(=O)OC(COC(=O)CCCCCCCCCCCCCCCCCC)COP(=O)(O)OCCN. The Labute approximate surface area is 317 Å². The van der Waals surface area contributed by atoms with Crippen molar-refractivity contribution in [3.63, 3.8) is 0 Å². The summed E-state index contributed by atoms with van der Waals surface area (Å²) in [6, 6.07) is 0. The lowest BCUT2D eigenvalue weighted by atomic mass is 10.0. The van der Waals surface area contributed by atoms with Gasteiger partial charge in [0.2, 0.25) is 0 Å². The first kappa shape index (κ1) is 49.7. The Kier molecular flexibility index (Phi) is 36.7. The van der Waals surface area contributed by atoms with Gasteiger partial charge in [-0.2, -0.15) is 0 Å². The topological polar surface area (TPSA) is 134 Å². The van der Waals surface area contributed by atoms with Gasteiger partial charge in [0.1, 0.15) is 6.61 Å². The van der Waals surface area contributed by atoms with Crippen LogP contribution in [0.1, 0.15) is 162 Å². The fraction of sp³-hybridized carbons (Fsp3) is 0.714. The smallest absolute Gasteiger partial charge is 0.462 e. The van der Waals surface area contributed by atoms with Crippen molar-refractivity contribution < 1.29 is 37.6 Å². The van der Waals surface area contributed by atoms with Gasteiger partial charge < -0.3 is 20.1 Å². The van der Waals surface area contributed by atoms with Crippen LogP contribution in [0.2, 0.25) is 0 Å². The molecule has 0 bridgehead atoms. The largest absolute Gasteiger partial charge is 0.472 e. The summed E-state index contributed by atoms with van der Waals surface area (Å²) >= 11 is 0. The molecule has 2 atom stereocenters. The van der Waals surface area contributed by atoms with E-state index in [0.717, 1.165) is 44.9 Å². The monoisotopic (exact) mass is 752 g/mol. The number of allylic oxidation sites excluding steroid dienone is 9. The summed E-state index contributed by atoms with van der Waals surface area (Å²) in [5, 5.41) is 0. The van der Waals surface area contributed by atoms with Gasteiger partial charge >= 0.3 is 19.8 Å². The average molecular weight is 752 g/mol. The van der Waals surface area contributed by atoms with Gasteiger partial charge in [0, 0.05) is 13.0 Å². The van der Waals surface area contributed by atoms with Crippen molar-refractivity contribution in [3.05, 3.63) is 60.8 Å². The van der Waals surface area contributed by atoms with Crippen LogP contribution in [-0.2, 0) is 32.7 Å². The van der Waals surface area contributed by atoms with Crippen LogP contribution < -0.4 is 5.73 Å². The zero-order valence-corrected chi connectivity index (χ0v) is 33.7. The number of phosphoric acid groups is 1. The number of carbonyl (C=O) groups is 2. The van der Waals surface area contributed by atoms with Gasteiger partial charge in [0.05, 0.1) is 19.6 Å². The van der Waals surface area contributed by atoms with Gasteiger partial charge in [-0.15, -0.1) is 0 Å². The Bertz CT molecular complexity index is 1040. The average Bonchev–Trinajstić information content (AvgIpc) is 3.13.